The van der Waals surface area contributed by atoms with Gasteiger partial charge in [-0.25, -0.2) is 9.18 Å². The zero-order chi connectivity index (χ0) is 26.0. The van der Waals surface area contributed by atoms with Gasteiger partial charge in [-0.15, -0.1) is 0 Å². The molecule has 0 spiro atoms. The Hall–Kier alpha value is -2.90. The quantitative estimate of drug-likeness (QED) is 0.569. The summed E-state index contributed by atoms with van der Waals surface area (Å²) >= 11 is 0. The maximum Gasteiger partial charge on any atom is 0.408 e. The van der Waals surface area contributed by atoms with Crippen LogP contribution in [0, 0.1) is 17.7 Å². The van der Waals surface area contributed by atoms with E-state index in [1.54, 1.807) is 50.1 Å². The second kappa shape index (κ2) is 10.4. The van der Waals surface area contributed by atoms with Crippen molar-refractivity contribution in [3.8, 4) is 5.75 Å². The van der Waals surface area contributed by atoms with Gasteiger partial charge in [-0.1, -0.05) is 19.9 Å². The van der Waals surface area contributed by atoms with Gasteiger partial charge in [0.25, 0.3) is 0 Å². The van der Waals surface area contributed by atoms with Crippen LogP contribution in [-0.4, -0.2) is 60.0 Å². The molecule has 1 fully saturated rings. The standard InChI is InChI=1S/C27H38FN3O4/c1-8-31-15-21-23(24(31)32)19(11-12-29-21)18-9-10-22(20(28)13-18)34-16-27(7,14-17(2)3)30-25(33)35-26(4,5)6/h9-13,17,21,23H,8,14-16H2,1-7H3,(H,30,33). The zero-order valence-electron chi connectivity index (χ0n) is 21.9. The third-order valence-corrected chi connectivity index (χ3v) is 6.09. The normalized spacial score (nSPS) is 21.5. The van der Waals surface area contributed by atoms with E-state index in [1.165, 1.54) is 6.07 Å². The van der Waals surface area contributed by atoms with Gasteiger partial charge in [-0.3, -0.25) is 9.79 Å². The highest BCUT2D eigenvalue weighted by Gasteiger charge is 2.43. The molecule has 1 saturated heterocycles. The van der Waals surface area contributed by atoms with Crippen LogP contribution >= 0.6 is 0 Å². The number of halogens is 1. The van der Waals surface area contributed by atoms with Crippen LogP contribution < -0.4 is 10.1 Å². The lowest BCUT2D eigenvalue weighted by atomic mass is 9.86. The number of carbonyl (C=O) groups excluding carboxylic acids is 2. The van der Waals surface area contributed by atoms with Gasteiger partial charge in [0.05, 0.1) is 17.5 Å². The fourth-order valence-corrected chi connectivity index (χ4v) is 4.79. The fraction of sp³-hybridized carbons (Fsp3) is 0.593. The summed E-state index contributed by atoms with van der Waals surface area (Å²) in [7, 11) is 0. The van der Waals surface area contributed by atoms with Crippen LogP contribution in [0.1, 0.15) is 60.5 Å². The van der Waals surface area contributed by atoms with Gasteiger partial charge >= 0.3 is 6.09 Å². The molecule has 0 bridgehead atoms. The molecular weight excluding hydrogens is 449 g/mol. The van der Waals surface area contributed by atoms with Gasteiger partial charge in [-0.2, -0.15) is 0 Å². The van der Waals surface area contributed by atoms with E-state index in [4.69, 9.17) is 9.47 Å². The Balaban J connectivity index is 1.74. The molecule has 3 atom stereocenters. The van der Waals surface area contributed by atoms with E-state index >= 15 is 4.39 Å². The number of aliphatic imine (C=N–C) groups is 1. The molecule has 2 amide bonds. The Labute approximate surface area is 207 Å². The highest BCUT2D eigenvalue weighted by atomic mass is 19.1. The molecule has 0 aromatic heterocycles. The molecule has 2 heterocycles. The third-order valence-electron chi connectivity index (χ3n) is 6.09. The first kappa shape index (κ1) is 26.7. The van der Waals surface area contributed by atoms with E-state index in [1.807, 2.05) is 27.7 Å². The zero-order valence-corrected chi connectivity index (χ0v) is 21.9. The van der Waals surface area contributed by atoms with Crippen molar-refractivity contribution in [2.24, 2.45) is 16.8 Å². The minimum atomic E-state index is -0.753. The van der Waals surface area contributed by atoms with E-state index < -0.39 is 29.0 Å². The summed E-state index contributed by atoms with van der Waals surface area (Å²) in [6.07, 6.45) is 3.57. The summed E-state index contributed by atoms with van der Waals surface area (Å²) in [6.45, 7) is 14.6. The predicted molar refractivity (Wildman–Crippen MR) is 135 cm³/mol. The van der Waals surface area contributed by atoms with Crippen molar-refractivity contribution in [1.29, 1.82) is 0 Å². The van der Waals surface area contributed by atoms with Crippen LogP contribution in [0.5, 0.6) is 5.75 Å². The van der Waals surface area contributed by atoms with Crippen LogP contribution in [-0.2, 0) is 9.53 Å². The molecule has 0 saturated carbocycles. The number of amides is 2. The summed E-state index contributed by atoms with van der Waals surface area (Å²) in [5.74, 6) is -0.531. The van der Waals surface area contributed by atoms with Crippen LogP contribution in [0.4, 0.5) is 9.18 Å². The average molecular weight is 488 g/mol. The summed E-state index contributed by atoms with van der Waals surface area (Å²) in [4.78, 5) is 31.5. The molecule has 1 aromatic carbocycles. The Bertz CT molecular complexity index is 1010. The number of carbonyl (C=O) groups is 2. The Kier molecular flexibility index (Phi) is 7.92. The van der Waals surface area contributed by atoms with Gasteiger partial charge < -0.3 is 19.7 Å². The van der Waals surface area contributed by atoms with Crippen LogP contribution in [0.15, 0.2) is 29.3 Å². The van der Waals surface area contributed by atoms with Crippen molar-refractivity contribution in [1.82, 2.24) is 10.2 Å². The molecule has 2 aliphatic heterocycles. The molecule has 8 heteroatoms. The molecule has 192 valence electrons. The Morgan fingerprint density at radius 1 is 1.29 bits per heavy atom. The fourth-order valence-electron chi connectivity index (χ4n) is 4.79. The number of hydrogen-bond donors (Lipinski definition) is 1. The molecule has 1 aromatic rings. The SMILES string of the molecule is CCN1CC2N=CC=C(c3ccc(OCC(C)(CC(C)C)NC(=O)OC(C)(C)C)c(F)c3)C2C1=O. The number of fused-ring (bicyclic) bond motifs is 1. The molecular formula is C27H38FN3O4. The molecule has 7 nitrogen and oxygen atoms in total. The number of nitrogens with zero attached hydrogens (tertiary/aromatic N) is 2. The van der Waals surface area contributed by atoms with E-state index in [0.717, 1.165) is 5.57 Å². The van der Waals surface area contributed by atoms with Crippen molar-refractivity contribution in [3.63, 3.8) is 0 Å². The first-order chi connectivity index (χ1) is 16.3. The molecule has 3 rings (SSSR count). The summed E-state index contributed by atoms with van der Waals surface area (Å²) < 4.78 is 26.4. The van der Waals surface area contributed by atoms with Gasteiger partial charge in [0, 0.05) is 19.3 Å². The minimum absolute atomic E-state index is 0.0269. The maximum absolute atomic E-state index is 15.1. The number of likely N-dealkylation sites (N-methyl/N-ethyl adjacent to an activating group) is 1. The third kappa shape index (κ3) is 6.61. The lowest BCUT2D eigenvalue weighted by molar-refractivity contribution is -0.129. The predicted octanol–water partition coefficient (Wildman–Crippen LogP) is 4.85. The summed E-state index contributed by atoms with van der Waals surface area (Å²) in [6, 6.07) is 4.60. The number of benzene rings is 1. The Morgan fingerprint density at radius 3 is 2.60 bits per heavy atom. The number of likely N-dealkylation sites (tertiary alicyclic amines) is 1. The van der Waals surface area contributed by atoms with Crippen molar-refractivity contribution in [3.05, 3.63) is 35.7 Å². The molecule has 35 heavy (non-hydrogen) atoms. The number of dihydropyridines is 1. The van der Waals surface area contributed by atoms with E-state index in [-0.39, 0.29) is 30.2 Å². The first-order valence-electron chi connectivity index (χ1n) is 12.3. The van der Waals surface area contributed by atoms with Gasteiger partial charge in [-0.05, 0) is 76.3 Å². The Morgan fingerprint density at radius 2 is 2.00 bits per heavy atom. The van der Waals surface area contributed by atoms with Crippen LogP contribution in [0.25, 0.3) is 5.57 Å². The van der Waals surface area contributed by atoms with Gasteiger partial charge in [0.2, 0.25) is 5.91 Å². The molecule has 0 radical (unpaired) electrons. The summed E-state index contributed by atoms with van der Waals surface area (Å²) in [5.41, 5.74) is 0.0292. The molecule has 1 N–H and O–H groups in total. The molecule has 3 unspecified atom stereocenters. The lowest BCUT2D eigenvalue weighted by Gasteiger charge is -2.33. The second-order valence-electron chi connectivity index (χ2n) is 11.1. The van der Waals surface area contributed by atoms with Gasteiger partial charge in [0.15, 0.2) is 11.6 Å². The lowest BCUT2D eigenvalue weighted by Crippen LogP contribution is -2.52. The molecule has 0 aliphatic carbocycles. The second-order valence-corrected chi connectivity index (χ2v) is 11.1. The van der Waals surface area contributed by atoms with Crippen molar-refractivity contribution >= 4 is 23.8 Å². The van der Waals surface area contributed by atoms with Crippen LogP contribution in [0.2, 0.25) is 0 Å². The average Bonchev–Trinajstić information content (AvgIpc) is 3.06. The van der Waals surface area contributed by atoms with Crippen molar-refractivity contribution in [2.45, 2.75) is 72.1 Å². The maximum atomic E-state index is 15.1. The van der Waals surface area contributed by atoms with Crippen molar-refractivity contribution < 1.29 is 23.5 Å². The number of rotatable bonds is 8. The largest absolute Gasteiger partial charge is 0.488 e. The number of nitrogens with one attached hydrogen (secondary N) is 1. The number of allylic oxidation sites excluding steroid dienone is 1. The van der Waals surface area contributed by atoms with Gasteiger partial charge in [0.1, 0.15) is 12.2 Å². The van der Waals surface area contributed by atoms with Crippen LogP contribution in [0.3, 0.4) is 0 Å². The number of alkyl carbamates (subject to hydrolysis) is 1. The van der Waals surface area contributed by atoms with E-state index in [9.17, 15) is 9.59 Å². The smallest absolute Gasteiger partial charge is 0.408 e. The highest BCUT2D eigenvalue weighted by molar-refractivity contribution is 6.00. The molecule has 2 aliphatic rings. The first-order valence-corrected chi connectivity index (χ1v) is 12.3. The summed E-state index contributed by atoms with van der Waals surface area (Å²) in [5, 5.41) is 2.90. The van der Waals surface area contributed by atoms with Crippen molar-refractivity contribution in [2.75, 3.05) is 19.7 Å². The monoisotopic (exact) mass is 487 g/mol. The van der Waals surface area contributed by atoms with E-state index in [0.29, 0.717) is 25.1 Å². The minimum Gasteiger partial charge on any atom is -0.488 e. The number of hydrogen-bond acceptors (Lipinski definition) is 5. The topological polar surface area (TPSA) is 80.2 Å². The van der Waals surface area contributed by atoms with E-state index in [2.05, 4.69) is 10.3 Å². The number of ether oxygens (including phenoxy) is 2. The highest BCUT2D eigenvalue weighted by Crippen LogP contribution is 2.37.